The minimum atomic E-state index is 0.541. The van der Waals surface area contributed by atoms with Crippen LogP contribution in [0.1, 0.15) is 5.56 Å². The summed E-state index contributed by atoms with van der Waals surface area (Å²) in [6, 6.07) is 3.69. The zero-order chi connectivity index (χ0) is 12.0. The molecule has 0 saturated carbocycles. The maximum atomic E-state index is 6.18. The van der Waals surface area contributed by atoms with Crippen LogP contribution in [0.5, 0.6) is 0 Å². The summed E-state index contributed by atoms with van der Waals surface area (Å²) in [6.07, 6.45) is 3.49. The second-order valence-corrected chi connectivity index (χ2v) is 4.25. The molecule has 0 N–H and O–H groups in total. The molecule has 17 heavy (non-hydrogen) atoms. The molecule has 0 aliphatic carbocycles. The van der Waals surface area contributed by atoms with Crippen molar-refractivity contribution in [2.75, 3.05) is 0 Å². The summed E-state index contributed by atoms with van der Waals surface area (Å²) >= 11 is 6.18. The van der Waals surface area contributed by atoms with E-state index in [1.54, 1.807) is 27.7 Å². The Morgan fingerprint density at radius 2 is 2.12 bits per heavy atom. The van der Waals surface area contributed by atoms with Gasteiger partial charge in [0, 0.05) is 24.9 Å². The Hall–Kier alpha value is -1.88. The van der Waals surface area contributed by atoms with Crippen molar-refractivity contribution in [3.05, 3.63) is 35.2 Å². The third kappa shape index (κ3) is 1.51. The predicted octanol–water partition coefficient (Wildman–Crippen LogP) is 2.09. The van der Waals surface area contributed by atoms with E-state index in [1.165, 1.54) is 0 Å². The van der Waals surface area contributed by atoms with Crippen molar-refractivity contribution in [2.24, 2.45) is 7.05 Å². The van der Waals surface area contributed by atoms with Crippen molar-refractivity contribution in [1.29, 1.82) is 0 Å². The van der Waals surface area contributed by atoms with Crippen LogP contribution in [0.4, 0.5) is 0 Å². The van der Waals surface area contributed by atoms with E-state index in [4.69, 9.17) is 11.6 Å². The van der Waals surface area contributed by atoms with Crippen LogP contribution in [0.15, 0.2) is 24.5 Å². The zero-order valence-corrected chi connectivity index (χ0v) is 10.2. The number of nitrogens with zero attached hydrogens (tertiary/aromatic N) is 5. The maximum Gasteiger partial charge on any atom is 0.160 e. The van der Waals surface area contributed by atoms with Crippen LogP contribution >= 0.6 is 11.6 Å². The number of halogens is 1. The number of aromatic nitrogens is 5. The van der Waals surface area contributed by atoms with Crippen LogP contribution in [-0.4, -0.2) is 24.4 Å². The first-order valence-electron chi connectivity index (χ1n) is 5.16. The highest BCUT2D eigenvalue weighted by atomic mass is 35.5. The van der Waals surface area contributed by atoms with Crippen LogP contribution < -0.4 is 0 Å². The van der Waals surface area contributed by atoms with Crippen LogP contribution in [0, 0.1) is 6.92 Å². The Labute approximate surface area is 103 Å². The van der Waals surface area contributed by atoms with Crippen LogP contribution in [0.25, 0.3) is 17.0 Å². The van der Waals surface area contributed by atoms with Gasteiger partial charge in [-0.15, -0.1) is 0 Å². The highest BCUT2D eigenvalue weighted by Gasteiger charge is 2.11. The van der Waals surface area contributed by atoms with Gasteiger partial charge in [0.2, 0.25) is 0 Å². The van der Waals surface area contributed by atoms with Crippen molar-refractivity contribution in [1.82, 2.24) is 24.4 Å². The molecule has 5 nitrogen and oxygen atoms in total. The van der Waals surface area contributed by atoms with Gasteiger partial charge >= 0.3 is 0 Å². The lowest BCUT2D eigenvalue weighted by Gasteiger charge is -2.04. The normalized spacial score (nSPS) is 11.2. The lowest BCUT2D eigenvalue weighted by atomic mass is 10.3. The van der Waals surface area contributed by atoms with Crippen LogP contribution in [-0.2, 0) is 7.05 Å². The Bertz CT molecular complexity index is 697. The predicted molar refractivity (Wildman–Crippen MR) is 64.9 cm³/mol. The van der Waals surface area contributed by atoms with Gasteiger partial charge in [0.25, 0.3) is 0 Å². The summed E-state index contributed by atoms with van der Waals surface area (Å²) in [5.74, 6) is 0. The Morgan fingerprint density at radius 1 is 1.29 bits per heavy atom. The average Bonchev–Trinajstić information content (AvgIpc) is 2.86. The van der Waals surface area contributed by atoms with Crippen LogP contribution in [0.2, 0.25) is 5.15 Å². The Morgan fingerprint density at radius 3 is 2.82 bits per heavy atom. The van der Waals surface area contributed by atoms with E-state index in [0.717, 1.165) is 22.6 Å². The molecule has 0 spiro atoms. The Kier molecular flexibility index (Phi) is 2.16. The fourth-order valence-electron chi connectivity index (χ4n) is 1.79. The molecule has 0 saturated heterocycles. The van der Waals surface area contributed by atoms with E-state index in [9.17, 15) is 0 Å². The molecule has 0 aliphatic rings. The third-order valence-corrected chi connectivity index (χ3v) is 2.96. The molecule has 0 fully saturated rings. The fraction of sp³-hybridized carbons (Fsp3) is 0.182. The van der Waals surface area contributed by atoms with Gasteiger partial charge in [0.05, 0.1) is 17.6 Å². The second kappa shape index (κ2) is 3.56. The molecule has 0 aromatic carbocycles. The molecular formula is C11H10ClN5. The first kappa shape index (κ1) is 10.3. The smallest absolute Gasteiger partial charge is 0.160 e. The molecular weight excluding hydrogens is 238 g/mol. The summed E-state index contributed by atoms with van der Waals surface area (Å²) in [5, 5.41) is 8.83. The maximum absolute atomic E-state index is 6.18. The summed E-state index contributed by atoms with van der Waals surface area (Å²) in [4.78, 5) is 4.55. The standard InChI is InChI=1S/C11H10ClN5/c1-7-6-14-17-10(12)5-8(15-11(7)17)9-3-4-13-16(9)2/h3-6H,1-2H3. The fourth-order valence-corrected chi connectivity index (χ4v) is 2.02. The minimum absolute atomic E-state index is 0.541. The molecule has 0 aliphatic heterocycles. The minimum Gasteiger partial charge on any atom is -0.266 e. The summed E-state index contributed by atoms with van der Waals surface area (Å²) in [6.45, 7) is 1.96. The van der Waals surface area contributed by atoms with E-state index >= 15 is 0 Å². The van der Waals surface area contributed by atoms with E-state index in [2.05, 4.69) is 15.2 Å². The monoisotopic (exact) mass is 247 g/mol. The third-order valence-electron chi connectivity index (χ3n) is 2.69. The molecule has 3 rings (SSSR count). The van der Waals surface area contributed by atoms with E-state index in [1.807, 2.05) is 20.0 Å². The molecule has 86 valence electrons. The topological polar surface area (TPSA) is 48.0 Å². The van der Waals surface area contributed by atoms with Crippen molar-refractivity contribution in [3.8, 4) is 11.4 Å². The first-order chi connectivity index (χ1) is 8.16. The van der Waals surface area contributed by atoms with Crippen molar-refractivity contribution in [2.45, 2.75) is 6.92 Å². The number of hydrogen-bond donors (Lipinski definition) is 0. The van der Waals surface area contributed by atoms with Gasteiger partial charge in [-0.1, -0.05) is 11.6 Å². The van der Waals surface area contributed by atoms with Crippen molar-refractivity contribution in [3.63, 3.8) is 0 Å². The molecule has 0 unspecified atom stereocenters. The van der Waals surface area contributed by atoms with E-state index in [0.29, 0.717) is 5.15 Å². The van der Waals surface area contributed by atoms with Gasteiger partial charge in [-0.3, -0.25) is 4.68 Å². The average molecular weight is 248 g/mol. The van der Waals surface area contributed by atoms with E-state index < -0.39 is 0 Å². The van der Waals surface area contributed by atoms with Gasteiger partial charge in [-0.25, -0.2) is 9.50 Å². The molecule has 3 aromatic heterocycles. The second-order valence-electron chi connectivity index (χ2n) is 3.87. The van der Waals surface area contributed by atoms with Gasteiger partial charge in [0.15, 0.2) is 5.65 Å². The highest BCUT2D eigenvalue weighted by molar-refractivity contribution is 6.30. The highest BCUT2D eigenvalue weighted by Crippen LogP contribution is 2.22. The SMILES string of the molecule is Cc1cnn2c(Cl)cc(-c3ccnn3C)nc12. The van der Waals surface area contributed by atoms with Crippen LogP contribution in [0.3, 0.4) is 0 Å². The quantitative estimate of drug-likeness (QED) is 0.619. The van der Waals surface area contributed by atoms with E-state index in [-0.39, 0.29) is 0 Å². The van der Waals surface area contributed by atoms with Crippen molar-refractivity contribution >= 4 is 17.2 Å². The lowest BCUT2D eigenvalue weighted by Crippen LogP contribution is -1.99. The molecule has 3 heterocycles. The largest absolute Gasteiger partial charge is 0.266 e. The number of hydrogen-bond acceptors (Lipinski definition) is 3. The summed E-state index contributed by atoms with van der Waals surface area (Å²) in [7, 11) is 1.87. The molecule has 0 radical (unpaired) electrons. The summed E-state index contributed by atoms with van der Waals surface area (Å²) < 4.78 is 3.39. The number of rotatable bonds is 1. The molecule has 0 bridgehead atoms. The van der Waals surface area contributed by atoms with Crippen molar-refractivity contribution < 1.29 is 0 Å². The van der Waals surface area contributed by atoms with Gasteiger partial charge < -0.3 is 0 Å². The molecule has 0 amide bonds. The van der Waals surface area contributed by atoms with Gasteiger partial charge in [-0.05, 0) is 13.0 Å². The zero-order valence-electron chi connectivity index (χ0n) is 9.42. The Balaban J connectivity index is 2.32. The number of fused-ring (bicyclic) bond motifs is 1. The lowest BCUT2D eigenvalue weighted by molar-refractivity contribution is 0.772. The van der Waals surface area contributed by atoms with Gasteiger partial charge in [-0.2, -0.15) is 10.2 Å². The molecule has 6 heteroatoms. The first-order valence-corrected chi connectivity index (χ1v) is 5.54. The molecule has 3 aromatic rings. The molecule has 0 atom stereocenters. The van der Waals surface area contributed by atoms with Gasteiger partial charge in [0.1, 0.15) is 5.15 Å². The summed E-state index contributed by atoms with van der Waals surface area (Å²) in [5.41, 5.74) is 3.49. The number of aryl methyl sites for hydroxylation is 2.